The summed E-state index contributed by atoms with van der Waals surface area (Å²) in [5.74, 6) is 2.36. The second kappa shape index (κ2) is 12.6. The fraction of sp³-hybridized carbons (Fsp3) is 0. The van der Waals surface area contributed by atoms with E-state index in [1.165, 1.54) is 26.9 Å². The normalized spacial score (nSPS) is 12.0. The minimum absolute atomic E-state index is 0.571. The fourth-order valence-electron chi connectivity index (χ4n) is 9.04. The van der Waals surface area contributed by atoms with Crippen molar-refractivity contribution in [1.82, 2.24) is 19.9 Å². The lowest BCUT2D eigenvalue weighted by atomic mass is 9.93. The summed E-state index contributed by atoms with van der Waals surface area (Å²) < 4.78 is 13.0. The Balaban J connectivity index is 1.05. The van der Waals surface area contributed by atoms with Crippen molar-refractivity contribution in [3.05, 3.63) is 182 Å². The van der Waals surface area contributed by atoms with Gasteiger partial charge in [0.15, 0.2) is 23.1 Å². The predicted octanol–water partition coefficient (Wildman–Crippen LogP) is 14.3. The molecule has 13 rings (SSSR count). The zero-order valence-corrected chi connectivity index (χ0v) is 31.9. The third-order valence-corrected chi connectivity index (χ3v) is 11.9. The Hall–Kier alpha value is -8.22. The van der Waals surface area contributed by atoms with Gasteiger partial charge in [-0.2, -0.15) is 0 Å². The number of hydrogen-bond acceptors (Lipinski definition) is 6. The number of fused-ring (bicyclic) bond motifs is 14. The Morgan fingerprint density at radius 1 is 0.300 bits per heavy atom. The molecule has 0 bridgehead atoms. The lowest BCUT2D eigenvalue weighted by Crippen LogP contribution is -2.00. The molecular weight excluding hydrogens is 737 g/mol. The van der Waals surface area contributed by atoms with Crippen molar-refractivity contribution < 1.29 is 8.83 Å². The first kappa shape index (κ1) is 32.8. The van der Waals surface area contributed by atoms with Gasteiger partial charge in [0.2, 0.25) is 5.89 Å². The molecule has 3 aromatic heterocycles. The van der Waals surface area contributed by atoms with E-state index in [-0.39, 0.29) is 0 Å². The minimum Gasteiger partial charge on any atom is -0.456 e. The number of aromatic nitrogens is 4. The molecule has 10 aromatic carbocycles. The number of nitrogens with zero attached hydrogens (tertiary/aromatic N) is 4. The first-order valence-corrected chi connectivity index (χ1v) is 20.0. The van der Waals surface area contributed by atoms with Crippen LogP contribution in [0.4, 0.5) is 0 Å². The standard InChI is InChI=1S/C54H30N4O2/c1-2-11-33(12-3-1)54-55-45-25-27-47-49(50(45)60-54)48-43-29-36(21-19-32(43)23-26-46(48)59-47)52-56-51(35-20-18-31-10-4-5-13-34(31)28-35)57-53(58-52)37-22-24-42-40-16-7-6-14-38(40)39-15-8-9-17-41(39)44(42)30-37/h1-30H. The third-order valence-electron chi connectivity index (χ3n) is 11.9. The van der Waals surface area contributed by atoms with E-state index >= 15 is 0 Å². The van der Waals surface area contributed by atoms with Crippen molar-refractivity contribution in [2.45, 2.75) is 0 Å². The van der Waals surface area contributed by atoms with Crippen LogP contribution >= 0.6 is 0 Å². The lowest BCUT2D eigenvalue weighted by Gasteiger charge is -2.13. The molecule has 0 fully saturated rings. The summed E-state index contributed by atoms with van der Waals surface area (Å²) in [6, 6.07) is 63.1. The molecule has 6 nitrogen and oxygen atoms in total. The maximum Gasteiger partial charge on any atom is 0.227 e. The van der Waals surface area contributed by atoms with Gasteiger partial charge in [-0.05, 0) is 102 Å². The van der Waals surface area contributed by atoms with Crippen LogP contribution in [-0.4, -0.2) is 19.9 Å². The molecule has 0 spiro atoms. The predicted molar refractivity (Wildman–Crippen MR) is 244 cm³/mol. The molecule has 0 unspecified atom stereocenters. The molecule has 3 heterocycles. The largest absolute Gasteiger partial charge is 0.456 e. The van der Waals surface area contributed by atoms with Gasteiger partial charge < -0.3 is 8.83 Å². The summed E-state index contributed by atoms with van der Waals surface area (Å²) >= 11 is 0. The number of benzene rings is 10. The van der Waals surface area contributed by atoms with Crippen molar-refractivity contribution >= 4 is 86.9 Å². The molecule has 0 aliphatic carbocycles. The minimum atomic E-state index is 0.571. The quantitative estimate of drug-likeness (QED) is 0.166. The molecule has 0 saturated carbocycles. The van der Waals surface area contributed by atoms with Crippen molar-refractivity contribution in [2.75, 3.05) is 0 Å². The zero-order valence-electron chi connectivity index (χ0n) is 31.9. The molecule has 0 aliphatic heterocycles. The fourth-order valence-corrected chi connectivity index (χ4v) is 9.04. The summed E-state index contributed by atoms with van der Waals surface area (Å²) in [6.07, 6.45) is 0. The molecule has 0 amide bonds. The summed E-state index contributed by atoms with van der Waals surface area (Å²) in [7, 11) is 0. The van der Waals surface area contributed by atoms with Gasteiger partial charge in [0.25, 0.3) is 0 Å². The summed E-state index contributed by atoms with van der Waals surface area (Å²) in [5.41, 5.74) is 6.59. The van der Waals surface area contributed by atoms with Crippen molar-refractivity contribution in [3.63, 3.8) is 0 Å². The second-order valence-electron chi connectivity index (χ2n) is 15.4. The van der Waals surface area contributed by atoms with Crippen LogP contribution in [0.2, 0.25) is 0 Å². The summed E-state index contributed by atoms with van der Waals surface area (Å²) in [5, 5.41) is 13.4. The van der Waals surface area contributed by atoms with Crippen LogP contribution in [0.15, 0.2) is 191 Å². The van der Waals surface area contributed by atoms with E-state index in [1.54, 1.807) is 0 Å². The van der Waals surface area contributed by atoms with Gasteiger partial charge in [0, 0.05) is 27.6 Å². The number of rotatable bonds is 4. The van der Waals surface area contributed by atoms with Crippen LogP contribution < -0.4 is 0 Å². The van der Waals surface area contributed by atoms with Gasteiger partial charge in [-0.1, -0.05) is 133 Å². The van der Waals surface area contributed by atoms with Gasteiger partial charge in [-0.15, -0.1) is 0 Å². The number of hydrogen-bond donors (Lipinski definition) is 0. The van der Waals surface area contributed by atoms with Crippen LogP contribution in [-0.2, 0) is 0 Å². The first-order valence-electron chi connectivity index (χ1n) is 20.0. The highest BCUT2D eigenvalue weighted by Gasteiger charge is 2.20. The SMILES string of the molecule is c1ccc(-c2nc3ccc4oc5ccc6ccc(-c7nc(-c8ccc9ccccc9c8)nc(-c8ccc9c%10ccccc%10c%10ccccc%10c9c8)n7)cc6c5c4c3o2)cc1. The Bertz CT molecular complexity index is 3870. The van der Waals surface area contributed by atoms with Gasteiger partial charge in [-0.25, -0.2) is 19.9 Å². The number of furan rings is 1. The summed E-state index contributed by atoms with van der Waals surface area (Å²) in [4.78, 5) is 20.6. The van der Waals surface area contributed by atoms with Crippen molar-refractivity contribution in [1.29, 1.82) is 0 Å². The molecule has 0 aliphatic rings. The molecule has 0 saturated heterocycles. The van der Waals surface area contributed by atoms with E-state index in [1.807, 2.05) is 48.5 Å². The van der Waals surface area contributed by atoms with Crippen LogP contribution in [0.3, 0.4) is 0 Å². The molecule has 6 heteroatoms. The van der Waals surface area contributed by atoms with E-state index in [0.29, 0.717) is 28.9 Å². The van der Waals surface area contributed by atoms with Crippen LogP contribution in [0, 0.1) is 0 Å². The highest BCUT2D eigenvalue weighted by molar-refractivity contribution is 6.26. The second-order valence-corrected chi connectivity index (χ2v) is 15.4. The number of oxazole rings is 1. The van der Waals surface area contributed by atoms with E-state index in [9.17, 15) is 0 Å². The Morgan fingerprint density at radius 3 is 1.53 bits per heavy atom. The van der Waals surface area contributed by atoms with Gasteiger partial charge in [0.05, 0.1) is 5.39 Å². The van der Waals surface area contributed by atoms with Crippen LogP contribution in [0.5, 0.6) is 0 Å². The lowest BCUT2D eigenvalue weighted by molar-refractivity contribution is 0.622. The average Bonchev–Trinajstić information content (AvgIpc) is 3.94. The highest BCUT2D eigenvalue weighted by Crippen LogP contribution is 2.42. The Morgan fingerprint density at radius 2 is 0.817 bits per heavy atom. The molecule has 13 aromatic rings. The Labute approximate surface area is 342 Å². The molecule has 0 N–H and O–H groups in total. The maximum atomic E-state index is 6.53. The van der Waals surface area contributed by atoms with E-state index in [0.717, 1.165) is 76.6 Å². The topological polar surface area (TPSA) is 77.8 Å². The highest BCUT2D eigenvalue weighted by atomic mass is 16.4. The molecule has 278 valence electrons. The van der Waals surface area contributed by atoms with E-state index in [2.05, 4.69) is 133 Å². The smallest absolute Gasteiger partial charge is 0.227 e. The van der Waals surface area contributed by atoms with Crippen molar-refractivity contribution in [3.8, 4) is 45.6 Å². The molecule has 0 radical (unpaired) electrons. The average molecular weight is 767 g/mol. The van der Waals surface area contributed by atoms with E-state index in [4.69, 9.17) is 28.8 Å². The van der Waals surface area contributed by atoms with E-state index < -0.39 is 0 Å². The zero-order chi connectivity index (χ0) is 39.3. The maximum absolute atomic E-state index is 6.53. The third kappa shape index (κ3) is 5.01. The first-order chi connectivity index (χ1) is 29.7. The van der Waals surface area contributed by atoms with Crippen LogP contribution in [0.1, 0.15) is 0 Å². The monoisotopic (exact) mass is 766 g/mol. The van der Waals surface area contributed by atoms with Crippen molar-refractivity contribution in [2.24, 2.45) is 0 Å². The van der Waals surface area contributed by atoms with Gasteiger partial charge >= 0.3 is 0 Å². The van der Waals surface area contributed by atoms with Gasteiger partial charge in [-0.3, -0.25) is 0 Å². The van der Waals surface area contributed by atoms with Crippen LogP contribution in [0.25, 0.3) is 133 Å². The summed E-state index contributed by atoms with van der Waals surface area (Å²) in [6.45, 7) is 0. The molecular formula is C54H30N4O2. The Kier molecular flexibility index (Phi) is 6.91. The molecule has 0 atom stereocenters. The molecule has 60 heavy (non-hydrogen) atoms. The van der Waals surface area contributed by atoms with Gasteiger partial charge in [0.1, 0.15) is 16.7 Å².